The molecule has 0 radical (unpaired) electrons. The lowest BCUT2D eigenvalue weighted by atomic mass is 9.83. The molecule has 1 aliphatic rings. The zero-order chi connectivity index (χ0) is 13.9. The lowest BCUT2D eigenvalue weighted by Gasteiger charge is -2.27. The highest BCUT2D eigenvalue weighted by Crippen LogP contribution is 2.40. The Labute approximate surface area is 111 Å². The van der Waals surface area contributed by atoms with Crippen molar-refractivity contribution >= 4 is 11.9 Å². The number of nitrogens with zero attached hydrogens (tertiary/aromatic N) is 1. The van der Waals surface area contributed by atoms with E-state index in [0.717, 1.165) is 19.3 Å². The van der Waals surface area contributed by atoms with Crippen LogP contribution in [0.4, 0.5) is 0 Å². The van der Waals surface area contributed by atoms with Crippen LogP contribution in [0, 0.1) is 5.41 Å². The second-order valence-corrected chi connectivity index (χ2v) is 5.17. The summed E-state index contributed by atoms with van der Waals surface area (Å²) < 4.78 is 0. The SMILES string of the molecule is CCC1(CNC(=O)c2nc[nH]c2C(=O)O)CCCC1. The number of imidazole rings is 1. The van der Waals surface area contributed by atoms with Gasteiger partial charge in [-0.05, 0) is 24.7 Å². The third kappa shape index (κ3) is 2.77. The molecule has 3 N–H and O–H groups in total. The number of hydrogen-bond donors (Lipinski definition) is 3. The van der Waals surface area contributed by atoms with Crippen LogP contribution in [0.3, 0.4) is 0 Å². The lowest BCUT2D eigenvalue weighted by Crippen LogP contribution is -2.36. The number of hydrogen-bond acceptors (Lipinski definition) is 3. The molecule has 2 rings (SSSR count). The Morgan fingerprint density at radius 1 is 1.47 bits per heavy atom. The number of aromatic amines is 1. The van der Waals surface area contributed by atoms with Gasteiger partial charge in [-0.2, -0.15) is 0 Å². The number of amides is 1. The molecule has 0 aromatic carbocycles. The van der Waals surface area contributed by atoms with Gasteiger partial charge >= 0.3 is 5.97 Å². The number of carbonyl (C=O) groups is 2. The Morgan fingerprint density at radius 3 is 2.74 bits per heavy atom. The first kappa shape index (κ1) is 13.6. The van der Waals surface area contributed by atoms with E-state index in [9.17, 15) is 9.59 Å². The number of carboxylic acid groups (broad SMARTS) is 1. The fraction of sp³-hybridized carbons (Fsp3) is 0.615. The molecule has 1 fully saturated rings. The molecule has 104 valence electrons. The van der Waals surface area contributed by atoms with Gasteiger partial charge in [0.1, 0.15) is 0 Å². The van der Waals surface area contributed by atoms with E-state index < -0.39 is 11.9 Å². The zero-order valence-electron chi connectivity index (χ0n) is 11.0. The van der Waals surface area contributed by atoms with Crippen molar-refractivity contribution in [1.82, 2.24) is 15.3 Å². The normalized spacial score (nSPS) is 17.3. The molecule has 0 unspecified atom stereocenters. The Bertz CT molecular complexity index is 475. The molecule has 0 saturated heterocycles. The van der Waals surface area contributed by atoms with E-state index in [4.69, 9.17) is 5.11 Å². The van der Waals surface area contributed by atoms with Gasteiger partial charge in [-0.15, -0.1) is 0 Å². The summed E-state index contributed by atoms with van der Waals surface area (Å²) in [7, 11) is 0. The standard InChI is InChI=1S/C13H19N3O3/c1-2-13(5-3-4-6-13)7-14-11(17)9-10(12(18)19)16-8-15-9/h8H,2-7H2,1H3,(H,14,17)(H,15,16)(H,18,19). The summed E-state index contributed by atoms with van der Waals surface area (Å²) in [6.07, 6.45) is 6.90. The van der Waals surface area contributed by atoms with Crippen molar-refractivity contribution in [3.05, 3.63) is 17.7 Å². The molecule has 0 bridgehead atoms. The molecule has 6 nitrogen and oxygen atoms in total. The highest BCUT2D eigenvalue weighted by Gasteiger charge is 2.32. The van der Waals surface area contributed by atoms with Crippen LogP contribution in [-0.2, 0) is 0 Å². The summed E-state index contributed by atoms with van der Waals surface area (Å²) in [5.74, 6) is -1.59. The molecule has 0 atom stereocenters. The maximum atomic E-state index is 12.0. The lowest BCUT2D eigenvalue weighted by molar-refractivity contribution is 0.0684. The zero-order valence-corrected chi connectivity index (χ0v) is 11.0. The van der Waals surface area contributed by atoms with Crippen molar-refractivity contribution in [1.29, 1.82) is 0 Å². The molecule has 0 spiro atoms. The van der Waals surface area contributed by atoms with Gasteiger partial charge in [0, 0.05) is 6.54 Å². The van der Waals surface area contributed by atoms with Crippen LogP contribution >= 0.6 is 0 Å². The van der Waals surface area contributed by atoms with Crippen molar-refractivity contribution in [2.24, 2.45) is 5.41 Å². The fourth-order valence-electron chi connectivity index (χ4n) is 2.76. The number of carbonyl (C=O) groups excluding carboxylic acids is 1. The number of nitrogens with one attached hydrogen (secondary N) is 2. The Morgan fingerprint density at radius 2 is 2.16 bits per heavy atom. The Balaban J connectivity index is 2.01. The fourth-order valence-corrected chi connectivity index (χ4v) is 2.76. The van der Waals surface area contributed by atoms with Crippen molar-refractivity contribution in [3.63, 3.8) is 0 Å². The molecule has 6 heteroatoms. The van der Waals surface area contributed by atoms with Crippen LogP contribution in [0.15, 0.2) is 6.33 Å². The number of aromatic carboxylic acids is 1. The first-order valence-corrected chi connectivity index (χ1v) is 6.63. The van der Waals surface area contributed by atoms with Gasteiger partial charge in [-0.25, -0.2) is 9.78 Å². The van der Waals surface area contributed by atoms with Crippen LogP contribution < -0.4 is 5.32 Å². The second-order valence-electron chi connectivity index (χ2n) is 5.17. The van der Waals surface area contributed by atoms with E-state index in [-0.39, 0.29) is 16.8 Å². The summed E-state index contributed by atoms with van der Waals surface area (Å²) >= 11 is 0. The molecule has 1 aliphatic carbocycles. The average molecular weight is 265 g/mol. The first-order chi connectivity index (χ1) is 9.08. The quantitative estimate of drug-likeness (QED) is 0.756. The van der Waals surface area contributed by atoms with Crippen LogP contribution in [0.2, 0.25) is 0 Å². The molecule has 1 heterocycles. The van der Waals surface area contributed by atoms with Crippen molar-refractivity contribution < 1.29 is 14.7 Å². The molecule has 1 aromatic heterocycles. The largest absolute Gasteiger partial charge is 0.477 e. The predicted octanol–water partition coefficient (Wildman–Crippen LogP) is 1.81. The highest BCUT2D eigenvalue weighted by molar-refractivity contribution is 6.02. The summed E-state index contributed by atoms with van der Waals surface area (Å²) in [4.78, 5) is 29.2. The van der Waals surface area contributed by atoms with Crippen LogP contribution in [0.5, 0.6) is 0 Å². The van der Waals surface area contributed by atoms with E-state index in [1.165, 1.54) is 19.2 Å². The van der Waals surface area contributed by atoms with Crippen LogP contribution in [-0.4, -0.2) is 33.5 Å². The van der Waals surface area contributed by atoms with Gasteiger partial charge in [-0.1, -0.05) is 19.8 Å². The van der Waals surface area contributed by atoms with E-state index in [2.05, 4.69) is 22.2 Å². The average Bonchev–Trinajstić information content (AvgIpc) is 3.05. The molecule has 19 heavy (non-hydrogen) atoms. The topological polar surface area (TPSA) is 95.1 Å². The molecule has 1 aromatic rings. The predicted molar refractivity (Wildman–Crippen MR) is 69.1 cm³/mol. The third-order valence-corrected chi connectivity index (χ3v) is 4.11. The van der Waals surface area contributed by atoms with Gasteiger partial charge < -0.3 is 15.4 Å². The summed E-state index contributed by atoms with van der Waals surface area (Å²) in [5.41, 5.74) is -0.0266. The minimum absolute atomic E-state index is 0.0447. The van der Waals surface area contributed by atoms with E-state index in [1.54, 1.807) is 0 Å². The van der Waals surface area contributed by atoms with E-state index >= 15 is 0 Å². The van der Waals surface area contributed by atoms with Crippen molar-refractivity contribution in [2.45, 2.75) is 39.0 Å². The summed E-state index contributed by atoms with van der Waals surface area (Å²) in [5, 5.41) is 11.8. The molecule has 0 aliphatic heterocycles. The Kier molecular flexibility index (Phi) is 3.87. The summed E-state index contributed by atoms with van der Waals surface area (Å²) in [6.45, 7) is 2.73. The molecule has 1 amide bonds. The second kappa shape index (κ2) is 5.42. The van der Waals surface area contributed by atoms with Gasteiger partial charge in [-0.3, -0.25) is 4.79 Å². The number of H-pyrrole nitrogens is 1. The molecular weight excluding hydrogens is 246 g/mol. The van der Waals surface area contributed by atoms with E-state index in [0.29, 0.717) is 6.54 Å². The van der Waals surface area contributed by atoms with Gasteiger partial charge in [0.2, 0.25) is 0 Å². The highest BCUT2D eigenvalue weighted by atomic mass is 16.4. The van der Waals surface area contributed by atoms with Gasteiger partial charge in [0.15, 0.2) is 11.4 Å². The minimum Gasteiger partial charge on any atom is -0.477 e. The smallest absolute Gasteiger partial charge is 0.354 e. The number of rotatable bonds is 5. The van der Waals surface area contributed by atoms with Gasteiger partial charge in [0.05, 0.1) is 6.33 Å². The van der Waals surface area contributed by atoms with Crippen LogP contribution in [0.25, 0.3) is 0 Å². The summed E-state index contributed by atoms with van der Waals surface area (Å²) in [6, 6.07) is 0. The monoisotopic (exact) mass is 265 g/mol. The van der Waals surface area contributed by atoms with Crippen LogP contribution in [0.1, 0.15) is 60.0 Å². The van der Waals surface area contributed by atoms with E-state index in [1.807, 2.05) is 0 Å². The minimum atomic E-state index is -1.17. The first-order valence-electron chi connectivity index (χ1n) is 6.63. The maximum Gasteiger partial charge on any atom is 0.354 e. The van der Waals surface area contributed by atoms with Gasteiger partial charge in [0.25, 0.3) is 5.91 Å². The number of aromatic nitrogens is 2. The maximum absolute atomic E-state index is 12.0. The molecular formula is C13H19N3O3. The Hall–Kier alpha value is -1.85. The third-order valence-electron chi connectivity index (χ3n) is 4.11. The van der Waals surface area contributed by atoms with Crippen molar-refractivity contribution in [3.8, 4) is 0 Å². The number of carboxylic acids is 1. The molecule has 1 saturated carbocycles. The van der Waals surface area contributed by atoms with Crippen molar-refractivity contribution in [2.75, 3.05) is 6.54 Å².